The predicted octanol–water partition coefficient (Wildman–Crippen LogP) is 3.75. The zero-order chi connectivity index (χ0) is 23.7. The number of benzene rings is 2. The number of H-pyrrole nitrogens is 1. The van der Waals surface area contributed by atoms with E-state index >= 15 is 0 Å². The first-order valence-electron chi connectivity index (χ1n) is 11.5. The Morgan fingerprint density at radius 3 is 2.38 bits per heavy atom. The molecule has 2 aliphatic heterocycles. The molecule has 0 atom stereocenters. The van der Waals surface area contributed by atoms with Crippen molar-refractivity contribution in [2.75, 3.05) is 38.8 Å². The Kier molecular flexibility index (Phi) is 5.73. The van der Waals surface area contributed by atoms with Crippen LogP contribution in [-0.2, 0) is 4.79 Å². The van der Waals surface area contributed by atoms with Gasteiger partial charge in [-0.05, 0) is 55.7 Å². The fourth-order valence-corrected chi connectivity index (χ4v) is 5.07. The Labute approximate surface area is 198 Å². The first-order chi connectivity index (χ1) is 16.5. The molecular formula is C26H28N4O4. The van der Waals surface area contributed by atoms with Crippen molar-refractivity contribution >= 4 is 17.5 Å². The number of anilines is 1. The summed E-state index contributed by atoms with van der Waals surface area (Å²) in [6.45, 7) is 1.82. The Hall–Kier alpha value is -3.81. The van der Waals surface area contributed by atoms with Gasteiger partial charge in [0, 0.05) is 54.3 Å². The molecule has 0 saturated carbocycles. The lowest BCUT2D eigenvalue weighted by Crippen LogP contribution is -2.46. The molecule has 3 heterocycles. The third-order valence-electron chi connectivity index (χ3n) is 7.16. The zero-order valence-electron chi connectivity index (χ0n) is 19.4. The highest BCUT2D eigenvalue weighted by atomic mass is 16.5. The number of likely N-dealkylation sites (tertiary alicyclic amines) is 1. The molecule has 0 bridgehead atoms. The van der Waals surface area contributed by atoms with Gasteiger partial charge in [-0.2, -0.15) is 5.10 Å². The first kappa shape index (κ1) is 22.0. The number of methoxy groups -OCH3 is 2. The van der Waals surface area contributed by atoms with Gasteiger partial charge >= 0.3 is 0 Å². The minimum absolute atomic E-state index is 0.000577. The summed E-state index contributed by atoms with van der Waals surface area (Å²) in [6.07, 6.45) is 5.70. The number of carbonyl (C=O) groups excluding carboxylic acids is 2. The van der Waals surface area contributed by atoms with Gasteiger partial charge in [0.25, 0.3) is 5.91 Å². The van der Waals surface area contributed by atoms with Crippen LogP contribution in [0.2, 0.25) is 0 Å². The van der Waals surface area contributed by atoms with Gasteiger partial charge in [0.1, 0.15) is 11.5 Å². The van der Waals surface area contributed by atoms with Crippen LogP contribution in [0.4, 0.5) is 5.69 Å². The van der Waals surface area contributed by atoms with Crippen molar-refractivity contribution < 1.29 is 19.1 Å². The van der Waals surface area contributed by atoms with E-state index in [1.807, 2.05) is 34.2 Å². The van der Waals surface area contributed by atoms with Gasteiger partial charge in [-0.15, -0.1) is 0 Å². The molecule has 8 nitrogen and oxygen atoms in total. The molecule has 1 N–H and O–H groups in total. The van der Waals surface area contributed by atoms with E-state index in [9.17, 15) is 9.59 Å². The minimum atomic E-state index is -0.410. The van der Waals surface area contributed by atoms with Gasteiger partial charge in [0.15, 0.2) is 0 Å². The number of nitrogens with one attached hydrogen (secondary N) is 1. The lowest BCUT2D eigenvalue weighted by Gasteiger charge is -2.38. The van der Waals surface area contributed by atoms with E-state index in [1.54, 1.807) is 44.7 Å². The molecule has 5 rings (SSSR count). The van der Waals surface area contributed by atoms with Crippen LogP contribution in [0.25, 0.3) is 11.1 Å². The summed E-state index contributed by atoms with van der Waals surface area (Å²) in [4.78, 5) is 30.2. The third kappa shape index (κ3) is 3.79. The number of hydrogen-bond donors (Lipinski definition) is 1. The van der Waals surface area contributed by atoms with E-state index in [2.05, 4.69) is 10.2 Å². The van der Waals surface area contributed by atoms with Gasteiger partial charge < -0.3 is 19.3 Å². The maximum Gasteiger partial charge on any atom is 0.253 e. The number of aromatic amines is 1. The number of amides is 2. The second-order valence-corrected chi connectivity index (χ2v) is 8.88. The van der Waals surface area contributed by atoms with Crippen molar-refractivity contribution in [1.82, 2.24) is 15.1 Å². The first-order valence-corrected chi connectivity index (χ1v) is 11.5. The molecule has 2 amide bonds. The number of rotatable bonds is 5. The van der Waals surface area contributed by atoms with Crippen LogP contribution in [0.3, 0.4) is 0 Å². The highest BCUT2D eigenvalue weighted by Gasteiger charge is 2.49. The Morgan fingerprint density at radius 1 is 1.00 bits per heavy atom. The number of carbonyl (C=O) groups is 2. The highest BCUT2D eigenvalue weighted by molar-refractivity contribution is 6.01. The van der Waals surface area contributed by atoms with Crippen molar-refractivity contribution in [3.05, 3.63) is 60.4 Å². The summed E-state index contributed by atoms with van der Waals surface area (Å²) < 4.78 is 10.8. The van der Waals surface area contributed by atoms with Crippen LogP contribution in [-0.4, -0.2) is 60.8 Å². The smallest absolute Gasteiger partial charge is 0.253 e. The lowest BCUT2D eigenvalue weighted by molar-refractivity contribution is -0.127. The molecule has 2 aliphatic rings. The number of nitrogens with zero attached hydrogens (tertiary/aromatic N) is 3. The molecule has 1 aromatic heterocycles. The number of ether oxygens (including phenoxy) is 2. The van der Waals surface area contributed by atoms with Crippen molar-refractivity contribution in [2.45, 2.75) is 19.3 Å². The molecule has 0 radical (unpaired) electrons. The molecule has 0 aliphatic carbocycles. The fourth-order valence-electron chi connectivity index (χ4n) is 5.07. The molecule has 2 aromatic carbocycles. The topological polar surface area (TPSA) is 87.8 Å². The summed E-state index contributed by atoms with van der Waals surface area (Å²) >= 11 is 0. The number of hydrogen-bond acceptors (Lipinski definition) is 5. The average molecular weight is 461 g/mol. The maximum absolute atomic E-state index is 13.6. The molecule has 1 spiro atoms. The van der Waals surface area contributed by atoms with Crippen LogP contribution < -0.4 is 14.4 Å². The highest BCUT2D eigenvalue weighted by Crippen LogP contribution is 2.44. The summed E-state index contributed by atoms with van der Waals surface area (Å²) in [5.74, 6) is 1.56. The number of piperidine rings is 1. The largest absolute Gasteiger partial charge is 0.497 e. The molecule has 34 heavy (non-hydrogen) atoms. The quantitative estimate of drug-likeness (QED) is 0.627. The molecule has 2 fully saturated rings. The lowest BCUT2D eigenvalue weighted by atomic mass is 9.77. The maximum atomic E-state index is 13.6. The Balaban J connectivity index is 1.28. The molecule has 0 unspecified atom stereocenters. The Morgan fingerprint density at radius 2 is 1.74 bits per heavy atom. The van der Waals surface area contributed by atoms with Gasteiger partial charge in [-0.1, -0.05) is 0 Å². The summed E-state index contributed by atoms with van der Waals surface area (Å²) in [6, 6.07) is 13.0. The van der Waals surface area contributed by atoms with Crippen LogP contribution in [0.15, 0.2) is 54.9 Å². The monoisotopic (exact) mass is 460 g/mol. The summed E-state index contributed by atoms with van der Waals surface area (Å²) in [5.41, 5.74) is 2.92. The second kappa shape index (κ2) is 8.85. The molecular weight excluding hydrogens is 432 g/mol. The van der Waals surface area contributed by atoms with Crippen LogP contribution in [0.5, 0.6) is 11.5 Å². The second-order valence-electron chi connectivity index (χ2n) is 8.88. The van der Waals surface area contributed by atoms with E-state index in [1.165, 1.54) is 0 Å². The van der Waals surface area contributed by atoms with E-state index in [4.69, 9.17) is 9.47 Å². The van der Waals surface area contributed by atoms with Crippen molar-refractivity contribution in [3.8, 4) is 22.6 Å². The minimum Gasteiger partial charge on any atom is -0.497 e. The van der Waals surface area contributed by atoms with Crippen molar-refractivity contribution in [1.29, 1.82) is 0 Å². The number of aromatic nitrogens is 2. The molecule has 3 aromatic rings. The van der Waals surface area contributed by atoms with Gasteiger partial charge in [0.05, 0.1) is 25.8 Å². The van der Waals surface area contributed by atoms with Gasteiger partial charge in [0.2, 0.25) is 5.91 Å². The predicted molar refractivity (Wildman–Crippen MR) is 128 cm³/mol. The fraction of sp³-hybridized carbons (Fsp3) is 0.346. The van der Waals surface area contributed by atoms with Crippen LogP contribution in [0.1, 0.15) is 29.6 Å². The van der Waals surface area contributed by atoms with Gasteiger partial charge in [-0.25, -0.2) is 0 Å². The van der Waals surface area contributed by atoms with Gasteiger partial charge in [-0.3, -0.25) is 14.7 Å². The summed E-state index contributed by atoms with van der Waals surface area (Å²) in [7, 11) is 3.23. The van der Waals surface area contributed by atoms with E-state index in [0.29, 0.717) is 43.8 Å². The zero-order valence-corrected chi connectivity index (χ0v) is 19.4. The van der Waals surface area contributed by atoms with Crippen LogP contribution in [0, 0.1) is 5.41 Å². The van der Waals surface area contributed by atoms with Crippen molar-refractivity contribution in [2.24, 2.45) is 5.41 Å². The molecule has 8 heteroatoms. The third-order valence-corrected chi connectivity index (χ3v) is 7.16. The van der Waals surface area contributed by atoms with Crippen molar-refractivity contribution in [3.63, 3.8) is 0 Å². The average Bonchev–Trinajstić information content (AvgIpc) is 3.53. The van der Waals surface area contributed by atoms with E-state index in [0.717, 1.165) is 29.0 Å². The molecule has 2 saturated heterocycles. The summed E-state index contributed by atoms with van der Waals surface area (Å²) in [5, 5.41) is 6.83. The van der Waals surface area contributed by atoms with E-state index < -0.39 is 5.41 Å². The van der Waals surface area contributed by atoms with Crippen LogP contribution >= 0.6 is 0 Å². The van der Waals surface area contributed by atoms with E-state index in [-0.39, 0.29) is 11.8 Å². The Bertz CT molecular complexity index is 1180. The SMILES string of the molecule is COc1ccc(C(=O)N2CCC3(CC2)CCN(c2ccc(-c4cn[nH]c4)c(OC)c2)C3=O)cc1. The standard InChI is InChI=1S/C26H28N4O4/c1-33-21-6-3-18(4-7-21)24(31)29-12-9-26(10-13-29)11-14-30(25(26)32)20-5-8-22(23(15-20)34-2)19-16-27-28-17-19/h3-8,15-17H,9-14H2,1-2H3,(H,27,28). The normalized spacial score (nSPS) is 17.3. The molecule has 176 valence electrons.